The number of methoxy groups -OCH3 is 1. The second-order valence-corrected chi connectivity index (χ2v) is 7.58. The Morgan fingerprint density at radius 3 is 2.48 bits per heavy atom. The molecule has 1 fully saturated rings. The van der Waals surface area contributed by atoms with Crippen LogP contribution in [-0.4, -0.2) is 54.8 Å². The third kappa shape index (κ3) is 5.38. The van der Waals surface area contributed by atoms with E-state index < -0.39 is 4.92 Å². The Morgan fingerprint density at radius 2 is 1.86 bits per heavy atom. The van der Waals surface area contributed by atoms with Gasteiger partial charge >= 0.3 is 0 Å². The summed E-state index contributed by atoms with van der Waals surface area (Å²) in [6.45, 7) is 2.54. The first-order valence-electron chi connectivity index (χ1n) is 9.15. The van der Waals surface area contributed by atoms with Gasteiger partial charge in [-0.1, -0.05) is 0 Å². The van der Waals surface area contributed by atoms with E-state index >= 15 is 0 Å². The summed E-state index contributed by atoms with van der Waals surface area (Å²) in [7, 11) is 1.54. The van der Waals surface area contributed by atoms with E-state index in [9.17, 15) is 19.3 Å². The van der Waals surface area contributed by atoms with Crippen molar-refractivity contribution in [2.24, 2.45) is 0 Å². The van der Waals surface area contributed by atoms with Crippen LogP contribution >= 0.6 is 11.8 Å². The van der Waals surface area contributed by atoms with Crippen LogP contribution in [0.5, 0.6) is 5.75 Å². The minimum Gasteiger partial charge on any atom is -0.496 e. The standard InChI is InChI=1S/C20H22FN3O4S/c1-28-19-7-2-16(21)12-15(19)13-29-14-20(25)23-10-8-22(9-11-23)17-3-5-18(6-4-17)24(26)27/h2-7,12H,8-11,13-14H2,1H3. The Hall–Kier alpha value is -2.81. The van der Waals surface area contributed by atoms with Gasteiger partial charge in [0.25, 0.3) is 5.69 Å². The number of hydrogen-bond acceptors (Lipinski definition) is 6. The van der Waals surface area contributed by atoms with Crippen molar-refractivity contribution in [1.29, 1.82) is 0 Å². The Kier molecular flexibility index (Phi) is 6.92. The number of halogens is 1. The number of benzene rings is 2. The average molecular weight is 419 g/mol. The summed E-state index contributed by atoms with van der Waals surface area (Å²) in [4.78, 5) is 26.7. The molecule has 0 spiro atoms. The van der Waals surface area contributed by atoms with Crippen molar-refractivity contribution in [1.82, 2.24) is 4.90 Å². The van der Waals surface area contributed by atoms with Crippen molar-refractivity contribution in [3.05, 3.63) is 64.0 Å². The van der Waals surface area contributed by atoms with E-state index in [1.54, 1.807) is 18.2 Å². The van der Waals surface area contributed by atoms with Gasteiger partial charge in [-0.3, -0.25) is 14.9 Å². The van der Waals surface area contributed by atoms with Crippen molar-refractivity contribution in [2.75, 3.05) is 43.9 Å². The van der Waals surface area contributed by atoms with Gasteiger partial charge in [0.05, 0.1) is 17.8 Å². The molecule has 0 aromatic heterocycles. The van der Waals surface area contributed by atoms with Crippen LogP contribution in [0.25, 0.3) is 0 Å². The van der Waals surface area contributed by atoms with E-state index in [0.717, 1.165) is 11.3 Å². The largest absolute Gasteiger partial charge is 0.496 e. The van der Waals surface area contributed by atoms with Crippen LogP contribution in [0.15, 0.2) is 42.5 Å². The van der Waals surface area contributed by atoms with Crippen molar-refractivity contribution in [3.8, 4) is 5.75 Å². The maximum Gasteiger partial charge on any atom is 0.269 e. The normalized spacial score (nSPS) is 14.0. The Bertz CT molecular complexity index is 871. The number of ether oxygens (including phenoxy) is 1. The smallest absolute Gasteiger partial charge is 0.269 e. The molecule has 0 atom stereocenters. The lowest BCUT2D eigenvalue weighted by molar-refractivity contribution is -0.384. The summed E-state index contributed by atoms with van der Waals surface area (Å²) < 4.78 is 18.7. The molecule has 29 heavy (non-hydrogen) atoms. The Labute approximate surface area is 172 Å². The highest BCUT2D eigenvalue weighted by molar-refractivity contribution is 7.99. The third-order valence-corrected chi connectivity index (χ3v) is 5.75. The lowest BCUT2D eigenvalue weighted by Crippen LogP contribution is -2.49. The van der Waals surface area contributed by atoms with Gasteiger partial charge in [0, 0.05) is 55.3 Å². The maximum atomic E-state index is 13.4. The van der Waals surface area contributed by atoms with Crippen LogP contribution < -0.4 is 9.64 Å². The minimum atomic E-state index is -0.419. The van der Waals surface area contributed by atoms with Crippen LogP contribution in [0.4, 0.5) is 15.8 Å². The molecule has 1 aliphatic rings. The molecule has 1 heterocycles. The van der Waals surface area contributed by atoms with Crippen LogP contribution in [0.1, 0.15) is 5.56 Å². The molecule has 3 rings (SSSR count). The summed E-state index contributed by atoms with van der Waals surface area (Å²) in [5, 5.41) is 10.8. The lowest BCUT2D eigenvalue weighted by Gasteiger charge is -2.36. The number of anilines is 1. The van der Waals surface area contributed by atoms with Gasteiger partial charge in [0.2, 0.25) is 5.91 Å². The fourth-order valence-electron chi connectivity index (χ4n) is 3.20. The molecule has 0 saturated carbocycles. The van der Waals surface area contributed by atoms with E-state index in [2.05, 4.69) is 4.90 Å². The summed E-state index contributed by atoms with van der Waals surface area (Å²) in [5.41, 5.74) is 1.71. The molecule has 0 bridgehead atoms. The van der Waals surface area contributed by atoms with Gasteiger partial charge in [-0.15, -0.1) is 11.8 Å². The molecule has 2 aromatic rings. The highest BCUT2D eigenvalue weighted by Gasteiger charge is 2.21. The molecule has 2 aromatic carbocycles. The van der Waals surface area contributed by atoms with Gasteiger partial charge in [-0.05, 0) is 30.3 Å². The van der Waals surface area contributed by atoms with Crippen LogP contribution in [0.3, 0.4) is 0 Å². The maximum absolute atomic E-state index is 13.4. The fraction of sp³-hybridized carbons (Fsp3) is 0.350. The Morgan fingerprint density at radius 1 is 1.17 bits per heavy atom. The van der Waals surface area contributed by atoms with Crippen molar-refractivity contribution >= 4 is 29.0 Å². The van der Waals surface area contributed by atoms with Crippen molar-refractivity contribution in [3.63, 3.8) is 0 Å². The molecule has 1 aliphatic heterocycles. The quantitative estimate of drug-likeness (QED) is 0.506. The number of hydrogen-bond donors (Lipinski definition) is 0. The van der Waals surface area contributed by atoms with Gasteiger partial charge in [-0.25, -0.2) is 4.39 Å². The monoisotopic (exact) mass is 419 g/mol. The van der Waals surface area contributed by atoms with Crippen molar-refractivity contribution < 1.29 is 18.8 Å². The zero-order valence-corrected chi connectivity index (χ0v) is 16.9. The second-order valence-electron chi connectivity index (χ2n) is 6.59. The third-order valence-electron chi connectivity index (χ3n) is 4.78. The molecular formula is C20H22FN3O4S. The molecule has 1 saturated heterocycles. The number of amides is 1. The number of carbonyl (C=O) groups is 1. The van der Waals surface area contributed by atoms with Gasteiger partial charge in [0.1, 0.15) is 11.6 Å². The predicted octanol–water partition coefficient (Wildman–Crippen LogP) is 3.32. The van der Waals surface area contributed by atoms with Crippen molar-refractivity contribution in [2.45, 2.75) is 5.75 Å². The number of nitro benzene ring substituents is 1. The molecule has 0 radical (unpaired) electrons. The zero-order chi connectivity index (χ0) is 20.8. The number of nitrogens with zero attached hydrogens (tertiary/aromatic N) is 3. The van der Waals surface area contributed by atoms with Gasteiger partial charge < -0.3 is 14.5 Å². The molecule has 0 N–H and O–H groups in total. The first-order valence-corrected chi connectivity index (χ1v) is 10.3. The first-order chi connectivity index (χ1) is 14.0. The van der Waals surface area contributed by atoms with E-state index in [4.69, 9.17) is 4.74 Å². The lowest BCUT2D eigenvalue weighted by atomic mass is 10.2. The fourth-order valence-corrected chi connectivity index (χ4v) is 4.10. The van der Waals surface area contributed by atoms with Crippen LogP contribution in [0.2, 0.25) is 0 Å². The summed E-state index contributed by atoms with van der Waals surface area (Å²) in [5.74, 6) is 1.15. The molecule has 1 amide bonds. The molecule has 7 nitrogen and oxygen atoms in total. The first kappa shape index (κ1) is 20.9. The number of thioether (sulfide) groups is 1. The van der Waals surface area contributed by atoms with E-state index in [1.165, 1.54) is 43.1 Å². The molecule has 0 aliphatic carbocycles. The number of carbonyl (C=O) groups excluding carboxylic acids is 1. The van der Waals surface area contributed by atoms with Gasteiger partial charge in [0.15, 0.2) is 0 Å². The van der Waals surface area contributed by atoms with E-state index in [1.807, 2.05) is 4.90 Å². The van der Waals surface area contributed by atoms with Crippen LogP contribution in [0, 0.1) is 15.9 Å². The van der Waals surface area contributed by atoms with Gasteiger partial charge in [-0.2, -0.15) is 0 Å². The second kappa shape index (κ2) is 9.60. The summed E-state index contributed by atoms with van der Waals surface area (Å²) in [6, 6.07) is 10.8. The molecule has 9 heteroatoms. The molecular weight excluding hydrogens is 397 g/mol. The minimum absolute atomic E-state index is 0.0497. The summed E-state index contributed by atoms with van der Waals surface area (Å²) in [6.07, 6.45) is 0. The zero-order valence-electron chi connectivity index (χ0n) is 16.0. The number of rotatable bonds is 7. The van der Waals surface area contributed by atoms with E-state index in [0.29, 0.717) is 43.4 Å². The SMILES string of the molecule is COc1ccc(F)cc1CSCC(=O)N1CCN(c2ccc([N+](=O)[O-])cc2)CC1. The molecule has 0 unspecified atom stereocenters. The van der Waals surface area contributed by atoms with Crippen LogP contribution in [-0.2, 0) is 10.5 Å². The highest BCUT2D eigenvalue weighted by atomic mass is 32.2. The molecule has 154 valence electrons. The number of nitro groups is 1. The average Bonchev–Trinajstić information content (AvgIpc) is 2.74. The predicted molar refractivity (Wildman–Crippen MR) is 111 cm³/mol. The van der Waals surface area contributed by atoms with E-state index in [-0.39, 0.29) is 17.4 Å². The highest BCUT2D eigenvalue weighted by Crippen LogP contribution is 2.25. The number of non-ortho nitro benzene ring substituents is 1. The topological polar surface area (TPSA) is 75.9 Å². The number of piperazine rings is 1. The summed E-state index contributed by atoms with van der Waals surface area (Å²) >= 11 is 1.43. The Balaban J connectivity index is 1.46.